The third-order valence-electron chi connectivity index (χ3n) is 8.60. The number of hydrogen-bond acceptors (Lipinski definition) is 8. The summed E-state index contributed by atoms with van der Waals surface area (Å²) in [6.07, 6.45) is 6.30. The average Bonchev–Trinajstić information content (AvgIpc) is 3.69. The number of aliphatic carboxylic acids is 1. The van der Waals surface area contributed by atoms with Crippen LogP contribution in [-0.2, 0) is 14.4 Å². The number of methoxy groups -OCH3 is 1. The van der Waals surface area contributed by atoms with Crippen LogP contribution in [-0.4, -0.2) is 103 Å². The molecule has 3 aliphatic rings. The van der Waals surface area contributed by atoms with Crippen LogP contribution in [0.4, 0.5) is 0 Å². The Morgan fingerprint density at radius 2 is 1.98 bits per heavy atom. The largest absolute Gasteiger partial charge is 0.493 e. The number of nitrogens with zero attached hydrogens (tertiary/aromatic N) is 3. The Morgan fingerprint density at radius 3 is 2.66 bits per heavy atom. The SMILES string of the molecule is CCCCN(CCCCN)C(=O)CN1C[C@H](c2cc(OC)c3c(c2)OCO3)[C@@H](C(=O)O)[C@@H]1CCCN1CCCC1=O. The van der Waals surface area contributed by atoms with Crippen molar-refractivity contribution in [1.29, 1.82) is 0 Å². The lowest BCUT2D eigenvalue weighted by molar-refractivity contribution is -0.144. The molecule has 0 aliphatic carbocycles. The summed E-state index contributed by atoms with van der Waals surface area (Å²) >= 11 is 0. The molecule has 2 amide bonds. The lowest BCUT2D eigenvalue weighted by atomic mass is 9.83. The van der Waals surface area contributed by atoms with E-state index in [0.29, 0.717) is 69.2 Å². The normalized spacial score (nSPS) is 22.0. The number of carboxylic acids is 1. The molecule has 2 fully saturated rings. The Morgan fingerprint density at radius 1 is 1.17 bits per heavy atom. The number of carboxylic acid groups (broad SMARTS) is 1. The zero-order chi connectivity index (χ0) is 29.4. The van der Waals surface area contributed by atoms with Crippen LogP contribution < -0.4 is 19.9 Å². The van der Waals surface area contributed by atoms with Gasteiger partial charge in [-0.25, -0.2) is 0 Å². The van der Waals surface area contributed by atoms with Gasteiger partial charge in [-0.15, -0.1) is 0 Å². The number of fused-ring (bicyclic) bond motifs is 1. The van der Waals surface area contributed by atoms with E-state index in [0.717, 1.165) is 44.2 Å². The van der Waals surface area contributed by atoms with E-state index in [1.807, 2.05) is 21.9 Å². The summed E-state index contributed by atoms with van der Waals surface area (Å²) in [6.45, 7) is 6.04. The molecule has 228 valence electrons. The topological polar surface area (TPSA) is 135 Å². The third-order valence-corrected chi connectivity index (χ3v) is 8.60. The summed E-state index contributed by atoms with van der Waals surface area (Å²) in [6, 6.07) is 3.32. The first kappa shape index (κ1) is 30.9. The van der Waals surface area contributed by atoms with Crippen LogP contribution in [0.3, 0.4) is 0 Å². The van der Waals surface area contributed by atoms with Gasteiger partial charge in [-0.1, -0.05) is 13.3 Å². The van der Waals surface area contributed by atoms with Gasteiger partial charge < -0.3 is 34.9 Å². The Kier molecular flexibility index (Phi) is 11.1. The summed E-state index contributed by atoms with van der Waals surface area (Å²) < 4.78 is 16.7. The first-order chi connectivity index (χ1) is 19.9. The van der Waals surface area contributed by atoms with Crippen molar-refractivity contribution in [3.63, 3.8) is 0 Å². The first-order valence-electron chi connectivity index (χ1n) is 15.1. The molecule has 1 aromatic rings. The second-order valence-corrected chi connectivity index (χ2v) is 11.3. The maximum Gasteiger partial charge on any atom is 0.308 e. The smallest absolute Gasteiger partial charge is 0.308 e. The molecule has 0 aromatic heterocycles. The fraction of sp³-hybridized carbons (Fsp3) is 0.700. The van der Waals surface area contributed by atoms with Crippen LogP contribution in [0.15, 0.2) is 12.1 Å². The van der Waals surface area contributed by atoms with Gasteiger partial charge in [0.15, 0.2) is 11.5 Å². The molecule has 0 unspecified atom stereocenters. The average molecular weight is 575 g/mol. The lowest BCUT2D eigenvalue weighted by Gasteiger charge is -2.30. The molecular weight excluding hydrogens is 528 g/mol. The van der Waals surface area contributed by atoms with E-state index in [9.17, 15) is 19.5 Å². The molecule has 3 heterocycles. The summed E-state index contributed by atoms with van der Waals surface area (Å²) in [4.78, 5) is 44.5. The minimum Gasteiger partial charge on any atom is -0.493 e. The number of benzene rings is 1. The molecule has 2 saturated heterocycles. The zero-order valence-electron chi connectivity index (χ0n) is 24.5. The van der Waals surface area contributed by atoms with Gasteiger partial charge in [-0.2, -0.15) is 0 Å². The number of likely N-dealkylation sites (tertiary alicyclic amines) is 2. The minimum atomic E-state index is -0.894. The van der Waals surface area contributed by atoms with Gasteiger partial charge in [0.25, 0.3) is 0 Å². The quantitative estimate of drug-likeness (QED) is 0.286. The van der Waals surface area contributed by atoms with Crippen molar-refractivity contribution >= 4 is 17.8 Å². The van der Waals surface area contributed by atoms with Gasteiger partial charge >= 0.3 is 5.97 Å². The maximum absolute atomic E-state index is 13.6. The molecule has 41 heavy (non-hydrogen) atoms. The molecule has 3 aliphatic heterocycles. The summed E-state index contributed by atoms with van der Waals surface area (Å²) in [5.41, 5.74) is 6.48. The Balaban J connectivity index is 1.58. The fourth-order valence-corrected chi connectivity index (χ4v) is 6.42. The Bertz CT molecular complexity index is 1070. The highest BCUT2D eigenvalue weighted by Gasteiger charge is 2.47. The van der Waals surface area contributed by atoms with Gasteiger partial charge in [0.2, 0.25) is 24.4 Å². The van der Waals surface area contributed by atoms with Crippen LogP contribution in [0, 0.1) is 5.92 Å². The molecule has 0 saturated carbocycles. The third kappa shape index (κ3) is 7.43. The molecule has 0 radical (unpaired) electrons. The van der Waals surface area contributed by atoms with Crippen LogP contribution in [0.25, 0.3) is 0 Å². The van der Waals surface area contributed by atoms with Crippen LogP contribution in [0.2, 0.25) is 0 Å². The van der Waals surface area contributed by atoms with E-state index in [1.165, 1.54) is 0 Å². The molecule has 3 atom stereocenters. The Hall–Kier alpha value is -3.05. The van der Waals surface area contributed by atoms with E-state index >= 15 is 0 Å². The highest BCUT2D eigenvalue weighted by atomic mass is 16.7. The molecule has 4 rings (SSSR count). The number of rotatable bonds is 16. The summed E-state index contributed by atoms with van der Waals surface area (Å²) in [5.74, 6) is -0.266. The monoisotopic (exact) mass is 574 g/mol. The molecule has 11 nitrogen and oxygen atoms in total. The number of unbranched alkanes of at least 4 members (excludes halogenated alkanes) is 2. The number of hydrogen-bond donors (Lipinski definition) is 2. The van der Waals surface area contributed by atoms with E-state index < -0.39 is 11.9 Å². The molecule has 11 heteroatoms. The second-order valence-electron chi connectivity index (χ2n) is 11.3. The highest BCUT2D eigenvalue weighted by molar-refractivity contribution is 5.79. The van der Waals surface area contributed by atoms with Gasteiger partial charge in [-0.3, -0.25) is 19.3 Å². The predicted octanol–water partition coefficient (Wildman–Crippen LogP) is 2.66. The van der Waals surface area contributed by atoms with E-state index in [-0.39, 0.29) is 37.1 Å². The fourth-order valence-electron chi connectivity index (χ4n) is 6.42. The number of nitrogens with two attached hydrogens (primary N) is 1. The van der Waals surface area contributed by atoms with E-state index in [1.54, 1.807) is 7.11 Å². The Labute approximate surface area is 242 Å². The summed E-state index contributed by atoms with van der Waals surface area (Å²) in [7, 11) is 1.55. The number of carbonyl (C=O) groups excluding carboxylic acids is 2. The highest BCUT2D eigenvalue weighted by Crippen LogP contribution is 2.47. The number of amides is 2. The van der Waals surface area contributed by atoms with Crippen LogP contribution in [0.1, 0.15) is 69.8 Å². The number of carbonyl (C=O) groups is 3. The van der Waals surface area contributed by atoms with Crippen molar-refractivity contribution in [2.24, 2.45) is 11.7 Å². The van der Waals surface area contributed by atoms with Crippen molar-refractivity contribution in [3.8, 4) is 17.2 Å². The second kappa shape index (κ2) is 14.7. The van der Waals surface area contributed by atoms with Gasteiger partial charge in [-0.05, 0) is 62.8 Å². The maximum atomic E-state index is 13.6. The molecule has 0 bridgehead atoms. The molecule has 1 aromatic carbocycles. The number of ether oxygens (including phenoxy) is 3. The van der Waals surface area contributed by atoms with Crippen molar-refractivity contribution in [1.82, 2.24) is 14.7 Å². The lowest BCUT2D eigenvalue weighted by Crippen LogP contribution is -2.45. The van der Waals surface area contributed by atoms with Gasteiger partial charge in [0.1, 0.15) is 0 Å². The van der Waals surface area contributed by atoms with E-state index in [2.05, 4.69) is 11.8 Å². The molecular formula is C30H46N4O7. The zero-order valence-corrected chi connectivity index (χ0v) is 24.5. The van der Waals surface area contributed by atoms with Crippen LogP contribution >= 0.6 is 0 Å². The van der Waals surface area contributed by atoms with Crippen molar-refractivity contribution in [2.45, 2.75) is 70.3 Å². The minimum absolute atomic E-state index is 0.0169. The van der Waals surface area contributed by atoms with Gasteiger partial charge in [0.05, 0.1) is 19.6 Å². The van der Waals surface area contributed by atoms with Gasteiger partial charge in [0, 0.05) is 51.1 Å². The van der Waals surface area contributed by atoms with Crippen LogP contribution in [0.5, 0.6) is 17.2 Å². The summed E-state index contributed by atoms with van der Waals surface area (Å²) in [5, 5.41) is 10.5. The van der Waals surface area contributed by atoms with Crippen molar-refractivity contribution < 1.29 is 33.7 Å². The van der Waals surface area contributed by atoms with E-state index in [4.69, 9.17) is 19.9 Å². The standard InChI is InChI=1S/C30H46N4O7/c1-3-4-12-33(13-6-5-11-31)27(36)19-34-18-22(21-16-24(39-2)29-25(17-21)40-20-41-29)28(30(37)38)23(34)9-7-14-32-15-8-10-26(32)35/h16-17,22-23,28H,3-15,18-20,31H2,1-2H3,(H,37,38)/t22-,23+,28-/m1/s1. The molecule has 0 spiro atoms. The van der Waals surface area contributed by atoms with Crippen molar-refractivity contribution in [3.05, 3.63) is 17.7 Å². The first-order valence-corrected chi connectivity index (χ1v) is 15.1. The van der Waals surface area contributed by atoms with Crippen molar-refractivity contribution in [2.75, 3.05) is 59.7 Å². The molecule has 3 N–H and O–H groups in total. The predicted molar refractivity (Wildman–Crippen MR) is 153 cm³/mol.